The van der Waals surface area contributed by atoms with Gasteiger partial charge in [0.1, 0.15) is 34.5 Å². The highest BCUT2D eigenvalue weighted by atomic mass is 16.3. The molecule has 1 heterocycles. The third-order valence-corrected chi connectivity index (χ3v) is 15.6. The van der Waals surface area contributed by atoms with Crippen molar-refractivity contribution in [2.45, 2.75) is 202 Å². The van der Waals surface area contributed by atoms with Crippen LogP contribution < -0.4 is 0 Å². The zero-order valence-corrected chi connectivity index (χ0v) is 49.0. The zero-order chi connectivity index (χ0) is 55.9. The van der Waals surface area contributed by atoms with Gasteiger partial charge in [-0.2, -0.15) is 0 Å². The van der Waals surface area contributed by atoms with Gasteiger partial charge in [0, 0.05) is 56.3 Å². The smallest absolute Gasteiger partial charge is 0.123 e. The molecule has 0 saturated heterocycles. The Hall–Kier alpha value is -5.92. The van der Waals surface area contributed by atoms with Crippen molar-refractivity contribution in [2.24, 2.45) is 0 Å². The summed E-state index contributed by atoms with van der Waals surface area (Å²) in [7, 11) is 2.00. The van der Waals surface area contributed by atoms with E-state index in [-0.39, 0.29) is 99.1 Å². The van der Waals surface area contributed by atoms with Crippen LogP contribution in [0.25, 0.3) is 0 Å². The summed E-state index contributed by atoms with van der Waals surface area (Å²) in [6, 6.07) is 24.7. The molecule has 1 aliphatic heterocycles. The fourth-order valence-electron chi connectivity index (χ4n) is 10.4. The van der Waals surface area contributed by atoms with E-state index in [0.717, 1.165) is 44.5 Å². The molecule has 6 aromatic rings. The molecule has 6 N–H and O–H groups in total. The van der Waals surface area contributed by atoms with Crippen LogP contribution >= 0.6 is 0 Å². The second kappa shape index (κ2) is 19.9. The molecule has 0 radical (unpaired) electrons. The van der Waals surface area contributed by atoms with Gasteiger partial charge in [-0.1, -0.05) is 197 Å². The van der Waals surface area contributed by atoms with Crippen LogP contribution in [-0.4, -0.2) is 42.6 Å². The fraction of sp³-hybridized carbons (Fsp3) is 0.471. The van der Waals surface area contributed by atoms with E-state index in [1.54, 1.807) is 0 Å². The molecule has 7 nitrogen and oxygen atoms in total. The first kappa shape index (κ1) is 56.8. The lowest BCUT2D eigenvalue weighted by Gasteiger charge is -2.27. The van der Waals surface area contributed by atoms with Gasteiger partial charge in [-0.15, -0.1) is 0 Å². The van der Waals surface area contributed by atoms with Gasteiger partial charge >= 0.3 is 0 Å². The minimum absolute atomic E-state index is 0.111. The minimum atomic E-state index is -0.306. The lowest BCUT2D eigenvalue weighted by atomic mass is 9.79. The Morgan fingerprint density at radius 3 is 0.493 bits per heavy atom. The topological polar surface area (TPSA) is 125 Å². The van der Waals surface area contributed by atoms with Gasteiger partial charge in [-0.25, -0.2) is 0 Å². The van der Waals surface area contributed by atoms with E-state index in [9.17, 15) is 30.6 Å². The number of hydrogen-bond acceptors (Lipinski definition) is 7. The Balaban J connectivity index is 1.54. The number of aromatic hydroxyl groups is 6. The Bertz CT molecular complexity index is 2940. The summed E-state index contributed by atoms with van der Waals surface area (Å²) in [5.74, 6) is 0.800. The maximum absolute atomic E-state index is 12.5. The summed E-state index contributed by atoms with van der Waals surface area (Å²) in [6.45, 7) is 39.6. The van der Waals surface area contributed by atoms with Crippen molar-refractivity contribution in [3.8, 4) is 34.5 Å². The Morgan fingerprint density at radius 2 is 0.360 bits per heavy atom. The molecule has 0 atom stereocenters. The number of fused-ring (bicyclic) bond motifs is 12. The summed E-state index contributed by atoms with van der Waals surface area (Å²) >= 11 is 0. The zero-order valence-electron chi connectivity index (χ0n) is 49.0. The molecule has 7 rings (SSSR count). The normalized spacial score (nSPS) is 14.8. The van der Waals surface area contributed by atoms with Crippen LogP contribution in [0.2, 0.25) is 0 Å². The molecule has 0 aliphatic carbocycles. The number of nitrogens with zero attached hydrogens (tertiary/aromatic N) is 1. The van der Waals surface area contributed by atoms with Crippen LogP contribution in [0, 0.1) is 0 Å². The van der Waals surface area contributed by atoms with Crippen molar-refractivity contribution >= 4 is 0 Å². The third-order valence-electron chi connectivity index (χ3n) is 15.6. The third kappa shape index (κ3) is 12.5. The summed E-state index contributed by atoms with van der Waals surface area (Å²) in [4.78, 5) is 2.12. The summed E-state index contributed by atoms with van der Waals surface area (Å²) < 4.78 is 0. The second-order valence-electron chi connectivity index (χ2n) is 28.4. The van der Waals surface area contributed by atoms with E-state index in [1.807, 2.05) is 19.2 Å². The summed E-state index contributed by atoms with van der Waals surface area (Å²) in [5.41, 5.74) is 12.7. The number of rotatable bonds is 0. The Labute approximate surface area is 450 Å². The van der Waals surface area contributed by atoms with E-state index in [1.165, 1.54) is 0 Å². The van der Waals surface area contributed by atoms with Crippen molar-refractivity contribution in [2.75, 3.05) is 7.05 Å². The second-order valence-corrected chi connectivity index (χ2v) is 28.4. The number of hydrogen-bond donors (Lipinski definition) is 6. The van der Waals surface area contributed by atoms with E-state index in [4.69, 9.17) is 0 Å². The van der Waals surface area contributed by atoms with Crippen molar-refractivity contribution in [1.82, 2.24) is 4.90 Å². The molecule has 402 valence electrons. The van der Waals surface area contributed by atoms with Gasteiger partial charge in [-0.05, 0) is 129 Å². The van der Waals surface area contributed by atoms with Gasteiger partial charge < -0.3 is 30.6 Å². The fourth-order valence-corrected chi connectivity index (χ4v) is 10.4. The van der Waals surface area contributed by atoms with Crippen molar-refractivity contribution in [1.29, 1.82) is 0 Å². The van der Waals surface area contributed by atoms with E-state index in [2.05, 4.69) is 190 Å². The quantitative estimate of drug-likeness (QED) is 0.0895. The molecule has 0 amide bonds. The summed E-state index contributed by atoms with van der Waals surface area (Å²) in [5, 5.41) is 74.8. The molecule has 12 bridgehead atoms. The molecular formula is C68H89NO6. The largest absolute Gasteiger partial charge is 0.507 e. The number of phenolic OH excluding ortho intramolecular Hbond substituents is 6. The molecule has 0 fully saturated rings. The first-order valence-corrected chi connectivity index (χ1v) is 27.1. The van der Waals surface area contributed by atoms with Crippen LogP contribution in [-0.2, 0) is 77.7 Å². The van der Waals surface area contributed by atoms with E-state index >= 15 is 0 Å². The molecule has 7 heteroatoms. The molecule has 6 aromatic carbocycles. The first-order chi connectivity index (χ1) is 34.3. The van der Waals surface area contributed by atoms with E-state index in [0.29, 0.717) is 68.7 Å². The molecule has 0 unspecified atom stereocenters. The standard InChI is InChI=1S/C68H89NO6/c1-63(2,3)51-25-39-20-40-26-52(64(4,5)6)28-42(58(40)71)22-44-30-54(66(10,11)12)32-46(60(44)73)24-48-34-56(68(16,17)18)36-50(62(48)75)38-69(19)37-49-35-55(67(13,14)15)33-47(61(49)74)23-45-31-53(65(7,8)9)29-43(59(45)72)21-41(27-51)57(39)70/h25-36,70-75H,20-24,37-38H2,1-19H3. The van der Waals surface area contributed by atoms with Crippen LogP contribution in [0.5, 0.6) is 34.5 Å². The molecule has 0 saturated carbocycles. The maximum Gasteiger partial charge on any atom is 0.123 e. The predicted molar refractivity (Wildman–Crippen MR) is 310 cm³/mol. The van der Waals surface area contributed by atoms with Crippen molar-refractivity contribution in [3.63, 3.8) is 0 Å². The van der Waals surface area contributed by atoms with Crippen LogP contribution in [0.4, 0.5) is 0 Å². The number of benzene rings is 6. The molecule has 0 aromatic heterocycles. The highest BCUT2D eigenvalue weighted by molar-refractivity contribution is 5.59. The average molecular weight is 1020 g/mol. The molecule has 1 aliphatic rings. The van der Waals surface area contributed by atoms with Crippen LogP contribution in [0.1, 0.15) is 225 Å². The monoisotopic (exact) mass is 1020 g/mol. The molecule has 75 heavy (non-hydrogen) atoms. The van der Waals surface area contributed by atoms with Gasteiger partial charge in [0.05, 0.1) is 0 Å². The lowest BCUT2D eigenvalue weighted by Crippen LogP contribution is -2.20. The van der Waals surface area contributed by atoms with Crippen LogP contribution in [0.15, 0.2) is 72.8 Å². The number of phenols is 6. The Kier molecular flexibility index (Phi) is 15.1. The van der Waals surface area contributed by atoms with Gasteiger partial charge in [0.15, 0.2) is 0 Å². The SMILES string of the molecule is CN1Cc2cc(C(C)(C)C)cc(c2O)Cc2cc(C(C)(C)C)cc(c2O)Cc2cc(C(C)(C)C)cc(c2O)Cc2cc(C(C)(C)C)cc(c2O)Cc2cc(C(C)(C)C)cc(c2O)Cc2cc(C(C)(C)C)cc(c2O)C1. The molecule has 0 spiro atoms. The van der Waals surface area contributed by atoms with E-state index < -0.39 is 0 Å². The molecular weight excluding hydrogens is 927 g/mol. The maximum atomic E-state index is 12.5. The van der Waals surface area contributed by atoms with Gasteiger partial charge in [0.25, 0.3) is 0 Å². The van der Waals surface area contributed by atoms with Crippen molar-refractivity contribution < 1.29 is 30.6 Å². The van der Waals surface area contributed by atoms with Gasteiger partial charge in [-0.3, -0.25) is 4.90 Å². The average Bonchev–Trinajstić information content (AvgIpc) is 3.25. The highest BCUT2D eigenvalue weighted by Gasteiger charge is 2.29. The lowest BCUT2D eigenvalue weighted by molar-refractivity contribution is 0.305. The van der Waals surface area contributed by atoms with Crippen LogP contribution in [0.3, 0.4) is 0 Å². The summed E-state index contributed by atoms with van der Waals surface area (Å²) in [6.07, 6.45) is 1.25. The van der Waals surface area contributed by atoms with Gasteiger partial charge in [0.2, 0.25) is 0 Å². The highest BCUT2D eigenvalue weighted by Crippen LogP contribution is 2.44. The minimum Gasteiger partial charge on any atom is -0.507 e. The Morgan fingerprint density at radius 1 is 0.240 bits per heavy atom. The predicted octanol–water partition coefficient (Wildman–Crippen LogP) is 15.6. The van der Waals surface area contributed by atoms with Crippen molar-refractivity contribution in [3.05, 3.63) is 173 Å². The first-order valence-electron chi connectivity index (χ1n) is 27.1.